The summed E-state index contributed by atoms with van der Waals surface area (Å²) in [7, 11) is 0. The lowest BCUT2D eigenvalue weighted by Gasteiger charge is -2.30. The van der Waals surface area contributed by atoms with Crippen LogP contribution in [0.5, 0.6) is 0 Å². The zero-order valence-corrected chi connectivity index (χ0v) is 16.7. The number of amides is 1. The Balaban J connectivity index is 1.33. The van der Waals surface area contributed by atoms with E-state index in [0.717, 1.165) is 36.8 Å². The maximum absolute atomic E-state index is 12.5. The first-order chi connectivity index (χ1) is 13.7. The predicted octanol–water partition coefficient (Wildman–Crippen LogP) is 3.27. The molecule has 1 atom stereocenters. The molecule has 0 bridgehead atoms. The van der Waals surface area contributed by atoms with E-state index in [1.54, 1.807) is 10.9 Å². The zero-order valence-electron chi connectivity index (χ0n) is 15.9. The molecule has 0 saturated carbocycles. The number of aromatic nitrogens is 4. The Bertz CT molecular complexity index is 922. The van der Waals surface area contributed by atoms with E-state index in [-0.39, 0.29) is 11.6 Å². The standard InChI is InChI=1S/C20H24N6OS/c1-15-6-5-9-25(10-15)12-17-14-28-20(21-17)22-19(27)18-13-26(24-23-18)11-16-7-3-2-4-8-16/h2-4,7-8,13-15H,5-6,9-12H2,1H3,(H,21,22,27)/t15-/m0/s1. The van der Waals surface area contributed by atoms with Crippen LogP contribution in [0, 0.1) is 5.92 Å². The van der Waals surface area contributed by atoms with E-state index < -0.39 is 0 Å². The van der Waals surface area contributed by atoms with Crippen molar-refractivity contribution in [2.24, 2.45) is 5.92 Å². The Hall–Kier alpha value is -2.58. The van der Waals surface area contributed by atoms with Crippen molar-refractivity contribution in [1.82, 2.24) is 24.9 Å². The molecule has 0 unspecified atom stereocenters. The lowest BCUT2D eigenvalue weighted by Crippen LogP contribution is -2.33. The Morgan fingerprint density at radius 1 is 1.29 bits per heavy atom. The summed E-state index contributed by atoms with van der Waals surface area (Å²) >= 11 is 1.45. The first-order valence-corrected chi connectivity index (χ1v) is 10.5. The fourth-order valence-corrected chi connectivity index (χ4v) is 4.20. The fraction of sp³-hybridized carbons (Fsp3) is 0.400. The largest absolute Gasteiger partial charge is 0.297 e. The van der Waals surface area contributed by atoms with Crippen LogP contribution in [0.15, 0.2) is 41.9 Å². The second kappa shape index (κ2) is 8.62. The molecule has 1 fully saturated rings. The molecule has 7 nitrogen and oxygen atoms in total. The minimum absolute atomic E-state index is 0.285. The van der Waals surface area contributed by atoms with Gasteiger partial charge in [-0.05, 0) is 30.9 Å². The molecule has 1 aliphatic rings. The summed E-state index contributed by atoms with van der Waals surface area (Å²) in [5.74, 6) is 0.455. The first-order valence-electron chi connectivity index (χ1n) is 9.58. The number of carbonyl (C=O) groups is 1. The monoisotopic (exact) mass is 396 g/mol. The second-order valence-corrected chi connectivity index (χ2v) is 8.23. The van der Waals surface area contributed by atoms with Gasteiger partial charge in [0.05, 0.1) is 18.4 Å². The van der Waals surface area contributed by atoms with Gasteiger partial charge in [0.25, 0.3) is 5.91 Å². The smallest absolute Gasteiger partial charge is 0.279 e. The summed E-state index contributed by atoms with van der Waals surface area (Å²) in [5, 5.41) is 13.5. The average Bonchev–Trinajstić information content (AvgIpc) is 3.32. The van der Waals surface area contributed by atoms with Gasteiger partial charge < -0.3 is 0 Å². The summed E-state index contributed by atoms with van der Waals surface area (Å²) in [6.45, 7) is 5.95. The minimum Gasteiger partial charge on any atom is -0.297 e. The van der Waals surface area contributed by atoms with Crippen molar-refractivity contribution in [2.45, 2.75) is 32.9 Å². The number of hydrogen-bond donors (Lipinski definition) is 1. The maximum atomic E-state index is 12.5. The van der Waals surface area contributed by atoms with E-state index in [0.29, 0.717) is 11.7 Å². The summed E-state index contributed by atoms with van der Waals surface area (Å²) < 4.78 is 1.66. The third-order valence-electron chi connectivity index (χ3n) is 4.86. The van der Waals surface area contributed by atoms with Gasteiger partial charge >= 0.3 is 0 Å². The number of piperidine rings is 1. The van der Waals surface area contributed by atoms with Crippen molar-refractivity contribution in [3.05, 3.63) is 58.9 Å². The number of carbonyl (C=O) groups excluding carboxylic acids is 1. The van der Waals surface area contributed by atoms with Crippen molar-refractivity contribution in [2.75, 3.05) is 18.4 Å². The highest BCUT2D eigenvalue weighted by Gasteiger charge is 2.18. The van der Waals surface area contributed by atoms with Gasteiger partial charge in [0, 0.05) is 18.5 Å². The van der Waals surface area contributed by atoms with E-state index >= 15 is 0 Å². The molecule has 0 radical (unpaired) electrons. The lowest BCUT2D eigenvalue weighted by molar-refractivity contribution is 0.102. The summed E-state index contributed by atoms with van der Waals surface area (Å²) in [4.78, 5) is 19.4. The molecule has 0 spiro atoms. The predicted molar refractivity (Wildman–Crippen MR) is 109 cm³/mol. The molecule has 1 N–H and O–H groups in total. The summed E-state index contributed by atoms with van der Waals surface area (Å²) in [6, 6.07) is 9.95. The number of nitrogens with zero attached hydrogens (tertiary/aromatic N) is 5. The van der Waals surface area contributed by atoms with Gasteiger partial charge in [-0.2, -0.15) is 0 Å². The van der Waals surface area contributed by atoms with E-state index in [4.69, 9.17) is 0 Å². The number of nitrogens with one attached hydrogen (secondary N) is 1. The topological polar surface area (TPSA) is 75.9 Å². The second-order valence-electron chi connectivity index (χ2n) is 7.37. The Morgan fingerprint density at radius 3 is 2.96 bits per heavy atom. The van der Waals surface area contributed by atoms with Crippen LogP contribution in [0.2, 0.25) is 0 Å². The van der Waals surface area contributed by atoms with E-state index in [9.17, 15) is 4.79 Å². The quantitative estimate of drug-likeness (QED) is 0.692. The van der Waals surface area contributed by atoms with Crippen LogP contribution in [0.25, 0.3) is 0 Å². The van der Waals surface area contributed by atoms with E-state index in [2.05, 4.69) is 32.4 Å². The molecule has 3 heterocycles. The zero-order chi connectivity index (χ0) is 19.3. The minimum atomic E-state index is -0.285. The molecule has 2 aromatic heterocycles. The third kappa shape index (κ3) is 4.82. The van der Waals surface area contributed by atoms with Crippen LogP contribution in [-0.2, 0) is 13.1 Å². The highest BCUT2D eigenvalue weighted by atomic mass is 32.1. The fourth-order valence-electron chi connectivity index (χ4n) is 3.51. The van der Waals surface area contributed by atoms with Crippen LogP contribution in [-0.4, -0.2) is 43.9 Å². The van der Waals surface area contributed by atoms with Crippen molar-refractivity contribution >= 4 is 22.4 Å². The van der Waals surface area contributed by atoms with E-state index in [1.165, 1.54) is 24.2 Å². The van der Waals surface area contributed by atoms with E-state index in [1.807, 2.05) is 35.7 Å². The van der Waals surface area contributed by atoms with Crippen LogP contribution in [0.1, 0.15) is 41.5 Å². The molecule has 0 aliphatic carbocycles. The molecule has 28 heavy (non-hydrogen) atoms. The average molecular weight is 397 g/mol. The summed E-state index contributed by atoms with van der Waals surface area (Å²) in [6.07, 6.45) is 4.21. The highest BCUT2D eigenvalue weighted by molar-refractivity contribution is 7.13. The summed E-state index contributed by atoms with van der Waals surface area (Å²) in [5.41, 5.74) is 2.40. The highest BCUT2D eigenvalue weighted by Crippen LogP contribution is 2.21. The SMILES string of the molecule is C[C@H]1CCCN(Cc2csc(NC(=O)c3cn(Cc4ccccc4)nn3)n2)C1. The number of benzene rings is 1. The molecule has 4 rings (SSSR count). The number of hydrogen-bond acceptors (Lipinski definition) is 6. The molecule has 1 saturated heterocycles. The molecule has 1 aliphatic heterocycles. The molecule has 3 aromatic rings. The Kier molecular flexibility index (Phi) is 5.78. The van der Waals surface area contributed by atoms with Crippen molar-refractivity contribution in [3.63, 3.8) is 0 Å². The van der Waals surface area contributed by atoms with Gasteiger partial charge in [0.15, 0.2) is 10.8 Å². The van der Waals surface area contributed by atoms with Gasteiger partial charge in [-0.1, -0.05) is 42.5 Å². The number of thiazole rings is 1. The Morgan fingerprint density at radius 2 is 2.14 bits per heavy atom. The number of rotatable bonds is 6. The maximum Gasteiger partial charge on any atom is 0.279 e. The van der Waals surface area contributed by atoms with Gasteiger partial charge in [-0.25, -0.2) is 9.67 Å². The number of likely N-dealkylation sites (tertiary alicyclic amines) is 1. The third-order valence-corrected chi connectivity index (χ3v) is 5.66. The normalized spacial score (nSPS) is 17.5. The van der Waals surface area contributed by atoms with Crippen LogP contribution >= 0.6 is 11.3 Å². The molecule has 146 valence electrons. The van der Waals surface area contributed by atoms with Crippen molar-refractivity contribution in [3.8, 4) is 0 Å². The molecule has 1 aromatic carbocycles. The van der Waals surface area contributed by atoms with Gasteiger partial charge in [-0.3, -0.25) is 15.0 Å². The van der Waals surface area contributed by atoms with Gasteiger partial charge in [-0.15, -0.1) is 16.4 Å². The van der Waals surface area contributed by atoms with Crippen molar-refractivity contribution < 1.29 is 4.79 Å². The molecular formula is C20H24N6OS. The van der Waals surface area contributed by atoms with Crippen LogP contribution < -0.4 is 5.32 Å². The van der Waals surface area contributed by atoms with Gasteiger partial charge in [0.2, 0.25) is 0 Å². The van der Waals surface area contributed by atoms with Crippen LogP contribution in [0.3, 0.4) is 0 Å². The molecule has 1 amide bonds. The van der Waals surface area contributed by atoms with Crippen LogP contribution in [0.4, 0.5) is 5.13 Å². The molecular weight excluding hydrogens is 372 g/mol. The van der Waals surface area contributed by atoms with Crippen molar-refractivity contribution in [1.29, 1.82) is 0 Å². The molecule has 8 heteroatoms. The number of anilines is 1. The lowest BCUT2D eigenvalue weighted by atomic mass is 10.0. The first kappa shape index (κ1) is 18.8. The Labute approximate surface area is 168 Å². The van der Waals surface area contributed by atoms with Gasteiger partial charge in [0.1, 0.15) is 0 Å².